The Kier molecular flexibility index (Phi) is 8.61. The van der Waals surface area contributed by atoms with Crippen LogP contribution >= 0.6 is 0 Å². The van der Waals surface area contributed by atoms with Gasteiger partial charge in [-0.15, -0.1) is 0 Å². The Morgan fingerprint density at radius 1 is 1.08 bits per heavy atom. The Balaban J connectivity index is 1.43. The summed E-state index contributed by atoms with van der Waals surface area (Å²) >= 11 is 0. The molecular weight excluding hydrogens is 474 g/mol. The van der Waals surface area contributed by atoms with Gasteiger partial charge in [0.05, 0.1) is 7.11 Å². The summed E-state index contributed by atoms with van der Waals surface area (Å²) < 4.78 is 21.4. The summed E-state index contributed by atoms with van der Waals surface area (Å²) in [7, 11) is 1.64. The van der Waals surface area contributed by atoms with Crippen molar-refractivity contribution in [2.75, 3.05) is 26.9 Å². The summed E-state index contributed by atoms with van der Waals surface area (Å²) in [6, 6.07) is 12.9. The third-order valence-electron chi connectivity index (χ3n) is 7.02. The van der Waals surface area contributed by atoms with E-state index in [0.717, 1.165) is 48.3 Å². The number of benzene rings is 2. The second kappa shape index (κ2) is 12.1. The van der Waals surface area contributed by atoms with Crippen LogP contribution in [0.25, 0.3) is 11.0 Å². The number of hydrogen-bond donors (Lipinski definition) is 1. The van der Waals surface area contributed by atoms with E-state index in [-0.39, 0.29) is 24.7 Å². The molecule has 1 atom stereocenters. The van der Waals surface area contributed by atoms with E-state index in [1.807, 2.05) is 19.1 Å². The number of aryl methyl sites for hydroxylation is 1. The van der Waals surface area contributed by atoms with Gasteiger partial charge in [-0.05, 0) is 67.5 Å². The molecular formula is C29H33NO7. The maximum atomic E-state index is 12.8. The molecule has 37 heavy (non-hydrogen) atoms. The Bertz CT molecular complexity index is 1310. The average Bonchev–Trinajstić information content (AvgIpc) is 2.89. The van der Waals surface area contributed by atoms with E-state index in [9.17, 15) is 14.4 Å². The van der Waals surface area contributed by atoms with Gasteiger partial charge in [-0.1, -0.05) is 12.1 Å². The summed E-state index contributed by atoms with van der Waals surface area (Å²) in [4.78, 5) is 36.7. The molecule has 3 aromatic rings. The molecule has 2 aromatic carbocycles. The van der Waals surface area contributed by atoms with E-state index in [0.29, 0.717) is 29.4 Å². The van der Waals surface area contributed by atoms with Crippen LogP contribution in [-0.2, 0) is 20.7 Å². The number of fused-ring (bicyclic) bond motifs is 1. The molecule has 1 amide bonds. The fraction of sp³-hybridized carbons (Fsp3) is 0.414. The lowest BCUT2D eigenvalue weighted by Gasteiger charge is -2.31. The Hall–Kier alpha value is -3.65. The molecule has 1 N–H and O–H groups in total. The van der Waals surface area contributed by atoms with Gasteiger partial charge in [0.2, 0.25) is 5.91 Å². The van der Waals surface area contributed by atoms with Crippen LogP contribution < -0.4 is 20.4 Å². The fourth-order valence-corrected chi connectivity index (χ4v) is 4.97. The predicted octanol–water partition coefficient (Wildman–Crippen LogP) is 4.29. The van der Waals surface area contributed by atoms with Crippen LogP contribution in [0.15, 0.2) is 51.7 Å². The minimum absolute atomic E-state index is 0.116. The molecule has 0 saturated carbocycles. The van der Waals surface area contributed by atoms with E-state index in [4.69, 9.17) is 18.6 Å². The standard InChI is InChI=1S/C29H33NO7/c1-18-24-9-8-23(36-19(2)31)16-27(24)37-29(33)25(18)10-11-28(32)30-17-26(21-12-14-35-15-13-21)20-4-6-22(34-3)7-5-20/h4-9,16,21,26H,10-15,17H2,1-3H3,(H,30,32). The third-order valence-corrected chi connectivity index (χ3v) is 7.02. The van der Waals surface area contributed by atoms with Crippen LogP contribution in [0.4, 0.5) is 0 Å². The monoisotopic (exact) mass is 507 g/mol. The molecule has 1 aliphatic rings. The topological polar surface area (TPSA) is 104 Å². The van der Waals surface area contributed by atoms with Crippen LogP contribution in [0.3, 0.4) is 0 Å². The molecule has 8 heteroatoms. The van der Waals surface area contributed by atoms with Crippen molar-refractivity contribution in [3.63, 3.8) is 0 Å². The Morgan fingerprint density at radius 2 is 1.78 bits per heavy atom. The summed E-state index contributed by atoms with van der Waals surface area (Å²) in [5, 5.41) is 3.83. The molecule has 0 aliphatic carbocycles. The van der Waals surface area contributed by atoms with Gasteiger partial charge in [0.15, 0.2) is 0 Å². The lowest BCUT2D eigenvalue weighted by molar-refractivity contribution is -0.131. The molecule has 1 fully saturated rings. The van der Waals surface area contributed by atoms with Gasteiger partial charge >= 0.3 is 11.6 Å². The van der Waals surface area contributed by atoms with Gasteiger partial charge in [0.1, 0.15) is 17.1 Å². The molecule has 1 aliphatic heterocycles. The van der Waals surface area contributed by atoms with E-state index in [2.05, 4.69) is 17.4 Å². The molecule has 8 nitrogen and oxygen atoms in total. The van der Waals surface area contributed by atoms with E-state index in [1.165, 1.54) is 13.0 Å². The first-order chi connectivity index (χ1) is 17.9. The maximum Gasteiger partial charge on any atom is 0.339 e. The largest absolute Gasteiger partial charge is 0.497 e. The molecule has 1 saturated heterocycles. The number of carbonyl (C=O) groups is 2. The van der Waals surface area contributed by atoms with Crippen LogP contribution in [0.2, 0.25) is 0 Å². The summed E-state index contributed by atoms with van der Waals surface area (Å²) in [5.41, 5.74) is 2.24. The van der Waals surface area contributed by atoms with Crippen molar-refractivity contribution < 1.29 is 28.2 Å². The van der Waals surface area contributed by atoms with E-state index < -0.39 is 11.6 Å². The van der Waals surface area contributed by atoms with Crippen LogP contribution in [-0.4, -0.2) is 38.7 Å². The van der Waals surface area contributed by atoms with Crippen molar-refractivity contribution in [2.45, 2.75) is 45.4 Å². The normalized spacial score (nSPS) is 14.8. The maximum absolute atomic E-state index is 12.8. The fourth-order valence-electron chi connectivity index (χ4n) is 4.97. The predicted molar refractivity (Wildman–Crippen MR) is 139 cm³/mol. The van der Waals surface area contributed by atoms with Crippen molar-refractivity contribution in [3.05, 3.63) is 69.6 Å². The molecule has 0 radical (unpaired) electrons. The molecule has 0 spiro atoms. The van der Waals surface area contributed by atoms with Gasteiger partial charge in [-0.3, -0.25) is 9.59 Å². The highest BCUT2D eigenvalue weighted by molar-refractivity contribution is 5.83. The minimum Gasteiger partial charge on any atom is -0.497 e. The smallest absolute Gasteiger partial charge is 0.339 e. The lowest BCUT2D eigenvalue weighted by Crippen LogP contribution is -2.34. The Morgan fingerprint density at radius 3 is 2.46 bits per heavy atom. The number of carbonyl (C=O) groups excluding carboxylic acids is 2. The lowest BCUT2D eigenvalue weighted by atomic mass is 9.81. The number of esters is 1. The van der Waals surface area contributed by atoms with Crippen LogP contribution in [0.1, 0.15) is 48.8 Å². The number of ether oxygens (including phenoxy) is 3. The molecule has 1 unspecified atom stereocenters. The number of rotatable bonds is 9. The third kappa shape index (κ3) is 6.57. The summed E-state index contributed by atoms with van der Waals surface area (Å²) in [5.74, 6) is 1.12. The van der Waals surface area contributed by atoms with Gasteiger partial charge < -0.3 is 23.9 Å². The van der Waals surface area contributed by atoms with Gasteiger partial charge in [0, 0.05) is 56.0 Å². The highest BCUT2D eigenvalue weighted by Crippen LogP contribution is 2.32. The Labute approximate surface area is 215 Å². The van der Waals surface area contributed by atoms with Crippen molar-refractivity contribution in [2.24, 2.45) is 5.92 Å². The minimum atomic E-state index is -0.490. The van der Waals surface area contributed by atoms with E-state index in [1.54, 1.807) is 19.2 Å². The van der Waals surface area contributed by atoms with Crippen LogP contribution in [0, 0.1) is 12.8 Å². The first-order valence-corrected chi connectivity index (χ1v) is 12.6. The zero-order valence-electron chi connectivity index (χ0n) is 21.5. The zero-order valence-corrected chi connectivity index (χ0v) is 21.5. The highest BCUT2D eigenvalue weighted by atomic mass is 16.5. The van der Waals surface area contributed by atoms with E-state index >= 15 is 0 Å². The summed E-state index contributed by atoms with van der Waals surface area (Å²) in [6.07, 6.45) is 2.34. The zero-order chi connectivity index (χ0) is 26.4. The number of methoxy groups -OCH3 is 1. The van der Waals surface area contributed by atoms with Crippen molar-refractivity contribution >= 4 is 22.8 Å². The molecule has 0 bridgehead atoms. The summed E-state index contributed by atoms with van der Waals surface area (Å²) in [6.45, 7) is 5.11. The van der Waals surface area contributed by atoms with Crippen molar-refractivity contribution in [3.8, 4) is 11.5 Å². The first kappa shape index (κ1) is 26.4. The highest BCUT2D eigenvalue weighted by Gasteiger charge is 2.26. The number of amides is 1. The molecule has 2 heterocycles. The first-order valence-electron chi connectivity index (χ1n) is 12.6. The second-order valence-electron chi connectivity index (χ2n) is 9.38. The second-order valence-corrected chi connectivity index (χ2v) is 9.38. The molecule has 4 rings (SSSR count). The van der Waals surface area contributed by atoms with Gasteiger partial charge in [-0.2, -0.15) is 0 Å². The molecule has 1 aromatic heterocycles. The van der Waals surface area contributed by atoms with Crippen LogP contribution in [0.5, 0.6) is 11.5 Å². The number of nitrogens with one attached hydrogen (secondary N) is 1. The average molecular weight is 508 g/mol. The van der Waals surface area contributed by atoms with Gasteiger partial charge in [-0.25, -0.2) is 4.79 Å². The number of hydrogen-bond acceptors (Lipinski definition) is 7. The van der Waals surface area contributed by atoms with Crippen molar-refractivity contribution in [1.29, 1.82) is 0 Å². The van der Waals surface area contributed by atoms with Gasteiger partial charge in [0.25, 0.3) is 0 Å². The quantitative estimate of drug-likeness (QED) is 0.262. The SMILES string of the molecule is COc1ccc(C(CNC(=O)CCc2c(C)c3ccc(OC(C)=O)cc3oc2=O)C2CCOCC2)cc1. The molecule has 196 valence electrons. The van der Waals surface area contributed by atoms with Crippen molar-refractivity contribution in [1.82, 2.24) is 5.32 Å².